The highest BCUT2D eigenvalue weighted by Gasteiger charge is 2.27. The second-order valence-electron chi connectivity index (χ2n) is 8.07. The zero-order chi connectivity index (χ0) is 22.5. The highest BCUT2D eigenvalue weighted by molar-refractivity contribution is 5.95. The molecule has 0 saturated carbocycles. The van der Waals surface area contributed by atoms with E-state index in [2.05, 4.69) is 0 Å². The van der Waals surface area contributed by atoms with Crippen molar-refractivity contribution in [1.82, 2.24) is 9.80 Å². The number of ether oxygens (including phenoxy) is 2. The summed E-state index contributed by atoms with van der Waals surface area (Å²) in [5, 5.41) is 0. The SMILES string of the molecule is O=C(c1ccc(OCC2CCN(C(=O)c3c(F)cccc3F)CC2)cc1)N1CCOCC1. The van der Waals surface area contributed by atoms with Gasteiger partial charge in [0.25, 0.3) is 11.8 Å². The minimum absolute atomic E-state index is 0.0109. The third kappa shape index (κ3) is 5.07. The van der Waals surface area contributed by atoms with Gasteiger partial charge in [-0.25, -0.2) is 8.78 Å². The van der Waals surface area contributed by atoms with Crippen LogP contribution in [0.1, 0.15) is 33.6 Å². The average molecular weight is 444 g/mol. The van der Waals surface area contributed by atoms with Crippen molar-refractivity contribution < 1.29 is 27.8 Å². The highest BCUT2D eigenvalue weighted by Crippen LogP contribution is 2.23. The molecule has 0 N–H and O–H groups in total. The smallest absolute Gasteiger partial charge is 0.259 e. The number of rotatable bonds is 5. The van der Waals surface area contributed by atoms with Gasteiger partial charge in [-0.15, -0.1) is 0 Å². The van der Waals surface area contributed by atoms with Gasteiger partial charge in [0.15, 0.2) is 0 Å². The summed E-state index contributed by atoms with van der Waals surface area (Å²) >= 11 is 0. The summed E-state index contributed by atoms with van der Waals surface area (Å²) in [6.45, 7) is 3.65. The Labute approximate surface area is 185 Å². The van der Waals surface area contributed by atoms with E-state index >= 15 is 0 Å². The van der Waals surface area contributed by atoms with Crippen LogP contribution in [-0.2, 0) is 4.74 Å². The van der Waals surface area contributed by atoms with Crippen LogP contribution >= 0.6 is 0 Å². The molecule has 6 nitrogen and oxygen atoms in total. The molecule has 0 spiro atoms. The van der Waals surface area contributed by atoms with E-state index in [9.17, 15) is 18.4 Å². The molecule has 0 unspecified atom stereocenters. The number of hydrogen-bond donors (Lipinski definition) is 0. The number of amides is 2. The molecule has 2 aromatic rings. The lowest BCUT2D eigenvalue weighted by Crippen LogP contribution is -2.40. The number of morpholine rings is 1. The van der Waals surface area contributed by atoms with Gasteiger partial charge in [-0.05, 0) is 55.2 Å². The topological polar surface area (TPSA) is 59.1 Å². The number of benzene rings is 2. The molecule has 0 atom stereocenters. The molecule has 4 rings (SSSR count). The van der Waals surface area contributed by atoms with E-state index in [1.165, 1.54) is 11.0 Å². The fourth-order valence-corrected chi connectivity index (χ4v) is 4.02. The van der Waals surface area contributed by atoms with Crippen molar-refractivity contribution in [2.75, 3.05) is 46.0 Å². The summed E-state index contributed by atoms with van der Waals surface area (Å²) in [5.41, 5.74) is 0.125. The quantitative estimate of drug-likeness (QED) is 0.710. The maximum atomic E-state index is 13.9. The molecular weight excluding hydrogens is 418 g/mol. The van der Waals surface area contributed by atoms with Crippen molar-refractivity contribution in [3.8, 4) is 5.75 Å². The monoisotopic (exact) mass is 444 g/mol. The number of halogens is 2. The maximum Gasteiger partial charge on any atom is 0.259 e. The van der Waals surface area contributed by atoms with Crippen molar-refractivity contribution in [2.45, 2.75) is 12.8 Å². The van der Waals surface area contributed by atoms with E-state index < -0.39 is 23.1 Å². The second kappa shape index (κ2) is 10.1. The zero-order valence-electron chi connectivity index (χ0n) is 17.8. The normalized spacial score (nSPS) is 17.3. The Balaban J connectivity index is 1.25. The third-order valence-electron chi connectivity index (χ3n) is 5.96. The van der Waals surface area contributed by atoms with Gasteiger partial charge in [0.05, 0.1) is 19.8 Å². The first kappa shape index (κ1) is 22.2. The number of nitrogens with zero attached hydrogens (tertiary/aromatic N) is 2. The molecule has 8 heteroatoms. The lowest BCUT2D eigenvalue weighted by atomic mass is 9.97. The Bertz CT molecular complexity index is 933. The maximum absolute atomic E-state index is 13.9. The summed E-state index contributed by atoms with van der Waals surface area (Å²) in [5.74, 6) is -1.38. The molecule has 2 aromatic carbocycles. The highest BCUT2D eigenvalue weighted by atomic mass is 19.1. The van der Waals surface area contributed by atoms with E-state index in [-0.39, 0.29) is 11.8 Å². The van der Waals surface area contributed by atoms with Crippen LogP contribution in [0.5, 0.6) is 5.75 Å². The first-order chi connectivity index (χ1) is 15.5. The zero-order valence-corrected chi connectivity index (χ0v) is 17.8. The minimum Gasteiger partial charge on any atom is -0.493 e. The van der Waals surface area contributed by atoms with Gasteiger partial charge in [0, 0.05) is 31.7 Å². The molecule has 2 saturated heterocycles. The summed E-state index contributed by atoms with van der Waals surface area (Å²) < 4.78 is 38.9. The lowest BCUT2D eigenvalue weighted by molar-refractivity contribution is 0.0303. The first-order valence-electron chi connectivity index (χ1n) is 10.9. The van der Waals surface area contributed by atoms with Crippen molar-refractivity contribution in [3.63, 3.8) is 0 Å². The average Bonchev–Trinajstić information content (AvgIpc) is 2.83. The lowest BCUT2D eigenvalue weighted by Gasteiger charge is -2.32. The fourth-order valence-electron chi connectivity index (χ4n) is 4.02. The molecule has 170 valence electrons. The summed E-state index contributed by atoms with van der Waals surface area (Å²) in [6, 6.07) is 10.5. The van der Waals surface area contributed by atoms with Gasteiger partial charge in [0.2, 0.25) is 0 Å². The standard InChI is InChI=1S/C24H26F2N2O4/c25-20-2-1-3-21(26)22(20)24(30)27-10-8-17(9-11-27)16-32-19-6-4-18(5-7-19)23(29)28-12-14-31-15-13-28/h1-7,17H,8-16H2. The van der Waals surface area contributed by atoms with Crippen LogP contribution in [0.25, 0.3) is 0 Å². The predicted octanol–water partition coefficient (Wildman–Crippen LogP) is 3.37. The number of likely N-dealkylation sites (tertiary alicyclic amines) is 1. The summed E-state index contributed by atoms with van der Waals surface area (Å²) in [7, 11) is 0. The van der Waals surface area contributed by atoms with E-state index in [1.807, 2.05) is 0 Å². The van der Waals surface area contributed by atoms with Crippen LogP contribution in [0.2, 0.25) is 0 Å². The van der Waals surface area contributed by atoms with Gasteiger partial charge < -0.3 is 19.3 Å². The summed E-state index contributed by atoms with van der Waals surface area (Å²) in [4.78, 5) is 28.3. The largest absolute Gasteiger partial charge is 0.493 e. The number of piperidine rings is 1. The number of hydrogen-bond acceptors (Lipinski definition) is 4. The van der Waals surface area contributed by atoms with E-state index in [1.54, 1.807) is 29.2 Å². The van der Waals surface area contributed by atoms with Crippen molar-refractivity contribution in [2.24, 2.45) is 5.92 Å². The van der Waals surface area contributed by atoms with Crippen LogP contribution in [-0.4, -0.2) is 67.6 Å². The Morgan fingerprint density at radius 3 is 2.09 bits per heavy atom. The molecule has 0 aliphatic carbocycles. The molecule has 2 aliphatic heterocycles. The number of carbonyl (C=O) groups is 2. The van der Waals surface area contributed by atoms with E-state index in [4.69, 9.17) is 9.47 Å². The van der Waals surface area contributed by atoms with Gasteiger partial charge in [-0.3, -0.25) is 9.59 Å². The molecule has 2 fully saturated rings. The molecule has 0 aromatic heterocycles. The van der Waals surface area contributed by atoms with Gasteiger partial charge >= 0.3 is 0 Å². The van der Waals surface area contributed by atoms with E-state index in [0.29, 0.717) is 70.2 Å². The Morgan fingerprint density at radius 1 is 0.875 bits per heavy atom. The minimum atomic E-state index is -0.837. The number of carbonyl (C=O) groups excluding carboxylic acids is 2. The van der Waals surface area contributed by atoms with Crippen LogP contribution < -0.4 is 4.74 Å². The van der Waals surface area contributed by atoms with Crippen LogP contribution in [0, 0.1) is 17.6 Å². The van der Waals surface area contributed by atoms with Crippen molar-refractivity contribution in [1.29, 1.82) is 0 Å². The van der Waals surface area contributed by atoms with E-state index in [0.717, 1.165) is 12.1 Å². The fraction of sp³-hybridized carbons (Fsp3) is 0.417. The van der Waals surface area contributed by atoms with Gasteiger partial charge in [0.1, 0.15) is 22.9 Å². The Morgan fingerprint density at radius 2 is 1.47 bits per heavy atom. The van der Waals surface area contributed by atoms with Gasteiger partial charge in [-0.2, -0.15) is 0 Å². The second-order valence-corrected chi connectivity index (χ2v) is 8.07. The Hall–Kier alpha value is -3.00. The molecular formula is C24H26F2N2O4. The molecule has 2 amide bonds. The van der Waals surface area contributed by atoms with Crippen molar-refractivity contribution >= 4 is 11.8 Å². The van der Waals surface area contributed by atoms with Crippen LogP contribution in [0.15, 0.2) is 42.5 Å². The molecule has 2 aliphatic rings. The molecule has 0 bridgehead atoms. The van der Waals surface area contributed by atoms with Gasteiger partial charge in [-0.1, -0.05) is 6.07 Å². The first-order valence-corrected chi connectivity index (χ1v) is 10.9. The van der Waals surface area contributed by atoms with Crippen LogP contribution in [0.4, 0.5) is 8.78 Å². The predicted molar refractivity (Wildman–Crippen MR) is 114 cm³/mol. The summed E-state index contributed by atoms with van der Waals surface area (Å²) in [6.07, 6.45) is 1.38. The van der Waals surface area contributed by atoms with Crippen molar-refractivity contribution in [3.05, 3.63) is 65.2 Å². The molecule has 0 radical (unpaired) electrons. The molecule has 32 heavy (non-hydrogen) atoms. The Kier molecular flexibility index (Phi) is 6.99. The molecule has 2 heterocycles. The van der Waals surface area contributed by atoms with Crippen LogP contribution in [0.3, 0.4) is 0 Å². The third-order valence-corrected chi connectivity index (χ3v) is 5.96.